The highest BCUT2D eigenvalue weighted by atomic mass is 32.1. The van der Waals surface area contributed by atoms with Crippen molar-refractivity contribution in [3.05, 3.63) is 77.4 Å². The molecule has 4 nitrogen and oxygen atoms in total. The van der Waals surface area contributed by atoms with Crippen LogP contribution in [0.4, 0.5) is 5.00 Å². The lowest BCUT2D eigenvalue weighted by Crippen LogP contribution is -2.14. The summed E-state index contributed by atoms with van der Waals surface area (Å²) in [5, 5.41) is 3.46. The maximum atomic E-state index is 12.6. The molecule has 1 heterocycles. The molecule has 0 aliphatic carbocycles. The first-order valence-corrected chi connectivity index (χ1v) is 11.3. The van der Waals surface area contributed by atoms with E-state index in [1.54, 1.807) is 13.0 Å². The Balaban J connectivity index is 1.71. The van der Waals surface area contributed by atoms with Crippen molar-refractivity contribution in [1.82, 2.24) is 0 Å². The molecule has 0 saturated heterocycles. The number of ether oxygens (including phenoxy) is 1. The SMILES string of the molecule is CCOC(=O)c1cc(-c2ccccc2)sc1NC(=O)CCc1ccc(C(C)(C)C)cc1. The van der Waals surface area contributed by atoms with E-state index in [-0.39, 0.29) is 17.9 Å². The Labute approximate surface area is 188 Å². The van der Waals surface area contributed by atoms with E-state index in [9.17, 15) is 9.59 Å². The summed E-state index contributed by atoms with van der Waals surface area (Å²) in [6, 6.07) is 20.0. The van der Waals surface area contributed by atoms with Crippen molar-refractivity contribution in [2.24, 2.45) is 0 Å². The molecule has 0 bridgehead atoms. The Hall–Kier alpha value is -2.92. The molecule has 0 aliphatic heterocycles. The number of amides is 1. The van der Waals surface area contributed by atoms with Crippen molar-refractivity contribution in [1.29, 1.82) is 0 Å². The molecule has 1 aromatic heterocycles. The third kappa shape index (κ3) is 6.05. The number of benzene rings is 2. The van der Waals surface area contributed by atoms with Gasteiger partial charge in [0.2, 0.25) is 5.91 Å². The van der Waals surface area contributed by atoms with Gasteiger partial charge in [0.1, 0.15) is 5.00 Å². The second-order valence-electron chi connectivity index (χ2n) is 8.44. The van der Waals surface area contributed by atoms with E-state index in [0.717, 1.165) is 16.0 Å². The van der Waals surface area contributed by atoms with Crippen LogP contribution < -0.4 is 5.32 Å². The maximum Gasteiger partial charge on any atom is 0.341 e. The van der Waals surface area contributed by atoms with Crippen LogP contribution in [-0.4, -0.2) is 18.5 Å². The van der Waals surface area contributed by atoms with E-state index < -0.39 is 5.97 Å². The first kappa shape index (κ1) is 22.8. The Morgan fingerprint density at radius 3 is 2.29 bits per heavy atom. The van der Waals surface area contributed by atoms with Crippen LogP contribution in [0.5, 0.6) is 0 Å². The molecule has 31 heavy (non-hydrogen) atoms. The monoisotopic (exact) mass is 435 g/mol. The molecule has 0 aliphatic rings. The van der Waals surface area contributed by atoms with Crippen LogP contribution in [0.1, 0.15) is 55.6 Å². The number of aryl methyl sites for hydroxylation is 1. The van der Waals surface area contributed by atoms with E-state index in [2.05, 4.69) is 50.4 Å². The number of nitrogens with one attached hydrogen (secondary N) is 1. The molecule has 162 valence electrons. The summed E-state index contributed by atoms with van der Waals surface area (Å²) in [4.78, 5) is 26.0. The quantitative estimate of drug-likeness (QED) is 0.433. The third-order valence-electron chi connectivity index (χ3n) is 5.00. The zero-order valence-corrected chi connectivity index (χ0v) is 19.3. The molecule has 5 heteroatoms. The first-order chi connectivity index (χ1) is 14.8. The predicted molar refractivity (Wildman–Crippen MR) is 128 cm³/mol. The minimum Gasteiger partial charge on any atom is -0.462 e. The van der Waals surface area contributed by atoms with Gasteiger partial charge in [-0.1, -0.05) is 75.4 Å². The molecule has 3 aromatic rings. The van der Waals surface area contributed by atoms with Crippen molar-refractivity contribution >= 4 is 28.2 Å². The molecule has 3 rings (SSSR count). The van der Waals surface area contributed by atoms with E-state index in [1.165, 1.54) is 16.9 Å². The van der Waals surface area contributed by atoms with Crippen LogP contribution in [0.15, 0.2) is 60.7 Å². The maximum absolute atomic E-state index is 12.6. The van der Waals surface area contributed by atoms with E-state index in [0.29, 0.717) is 23.4 Å². The van der Waals surface area contributed by atoms with Crippen LogP contribution in [-0.2, 0) is 21.4 Å². The van der Waals surface area contributed by atoms with Gasteiger partial charge in [-0.2, -0.15) is 0 Å². The molecule has 1 amide bonds. The van der Waals surface area contributed by atoms with Crippen LogP contribution in [0, 0.1) is 0 Å². The Kier molecular flexibility index (Phi) is 7.29. The fourth-order valence-corrected chi connectivity index (χ4v) is 4.28. The standard InChI is InChI=1S/C26H29NO3S/c1-5-30-25(29)21-17-22(19-9-7-6-8-10-19)31-24(21)27-23(28)16-13-18-11-14-20(15-12-18)26(2,3)4/h6-12,14-15,17H,5,13,16H2,1-4H3,(H,27,28). The van der Waals surface area contributed by atoms with Crippen LogP contribution in [0.25, 0.3) is 10.4 Å². The van der Waals surface area contributed by atoms with E-state index >= 15 is 0 Å². The van der Waals surface area contributed by atoms with E-state index in [1.807, 2.05) is 30.3 Å². The number of hydrogen-bond acceptors (Lipinski definition) is 4. The molecule has 0 saturated carbocycles. The molecule has 0 unspecified atom stereocenters. The van der Waals surface area contributed by atoms with Gasteiger partial charge < -0.3 is 10.1 Å². The summed E-state index contributed by atoms with van der Waals surface area (Å²) in [6.07, 6.45) is 0.984. The minimum atomic E-state index is -0.422. The second-order valence-corrected chi connectivity index (χ2v) is 9.49. The average Bonchev–Trinajstić information content (AvgIpc) is 3.16. The number of rotatable bonds is 7. The minimum absolute atomic E-state index is 0.106. The topological polar surface area (TPSA) is 55.4 Å². The lowest BCUT2D eigenvalue weighted by molar-refractivity contribution is -0.116. The molecule has 0 atom stereocenters. The summed E-state index contributed by atoms with van der Waals surface area (Å²) < 4.78 is 5.18. The van der Waals surface area contributed by atoms with Crippen LogP contribution in [0.3, 0.4) is 0 Å². The average molecular weight is 436 g/mol. The number of carbonyl (C=O) groups is 2. The van der Waals surface area contributed by atoms with Gasteiger partial charge in [-0.25, -0.2) is 4.79 Å². The van der Waals surface area contributed by atoms with Crippen molar-refractivity contribution in [3.63, 3.8) is 0 Å². The molecule has 0 spiro atoms. The van der Waals surface area contributed by atoms with Gasteiger partial charge in [0.25, 0.3) is 0 Å². The third-order valence-corrected chi connectivity index (χ3v) is 6.10. The Morgan fingerprint density at radius 2 is 1.68 bits per heavy atom. The molecule has 0 radical (unpaired) electrons. The zero-order chi connectivity index (χ0) is 22.4. The van der Waals surface area contributed by atoms with Gasteiger partial charge in [0.05, 0.1) is 12.2 Å². The Bertz CT molecular complexity index is 1030. The Morgan fingerprint density at radius 1 is 1.00 bits per heavy atom. The van der Waals surface area contributed by atoms with Crippen molar-refractivity contribution in [2.75, 3.05) is 11.9 Å². The predicted octanol–water partition coefficient (Wildman–Crippen LogP) is 6.46. The highest BCUT2D eigenvalue weighted by molar-refractivity contribution is 7.20. The van der Waals surface area contributed by atoms with Gasteiger partial charge in [-0.05, 0) is 41.5 Å². The summed E-state index contributed by atoms with van der Waals surface area (Å²) in [5.74, 6) is -0.541. The number of thiophene rings is 1. The van der Waals surface area contributed by atoms with E-state index in [4.69, 9.17) is 4.74 Å². The summed E-state index contributed by atoms with van der Waals surface area (Å²) in [5.41, 5.74) is 3.89. The van der Waals surface area contributed by atoms with Gasteiger partial charge >= 0.3 is 5.97 Å². The molecular formula is C26H29NO3S. The van der Waals surface area contributed by atoms with Crippen LogP contribution in [0.2, 0.25) is 0 Å². The van der Waals surface area contributed by atoms with Gasteiger partial charge in [-0.3, -0.25) is 4.79 Å². The van der Waals surface area contributed by atoms with Gasteiger partial charge in [-0.15, -0.1) is 11.3 Å². The van der Waals surface area contributed by atoms with Crippen molar-refractivity contribution in [3.8, 4) is 10.4 Å². The fourth-order valence-electron chi connectivity index (χ4n) is 3.21. The smallest absolute Gasteiger partial charge is 0.341 e. The summed E-state index contributed by atoms with van der Waals surface area (Å²) >= 11 is 1.39. The summed E-state index contributed by atoms with van der Waals surface area (Å²) in [7, 11) is 0. The lowest BCUT2D eigenvalue weighted by Gasteiger charge is -2.19. The number of carbonyl (C=O) groups excluding carboxylic acids is 2. The van der Waals surface area contributed by atoms with Crippen molar-refractivity contribution in [2.45, 2.75) is 46.0 Å². The molecule has 1 N–H and O–H groups in total. The van der Waals surface area contributed by atoms with Gasteiger partial charge in [0, 0.05) is 11.3 Å². The van der Waals surface area contributed by atoms with Crippen molar-refractivity contribution < 1.29 is 14.3 Å². The second kappa shape index (κ2) is 9.92. The molecule has 2 aromatic carbocycles. The highest BCUT2D eigenvalue weighted by Crippen LogP contribution is 2.36. The lowest BCUT2D eigenvalue weighted by atomic mass is 9.86. The largest absolute Gasteiger partial charge is 0.462 e. The molecular weight excluding hydrogens is 406 g/mol. The highest BCUT2D eigenvalue weighted by Gasteiger charge is 2.20. The number of anilines is 1. The number of esters is 1. The fraction of sp³-hybridized carbons (Fsp3) is 0.308. The van der Waals surface area contributed by atoms with Gasteiger partial charge in [0.15, 0.2) is 0 Å². The zero-order valence-electron chi connectivity index (χ0n) is 18.5. The first-order valence-electron chi connectivity index (χ1n) is 10.5. The summed E-state index contributed by atoms with van der Waals surface area (Å²) in [6.45, 7) is 8.60. The normalized spacial score (nSPS) is 11.2. The van der Waals surface area contributed by atoms with Crippen LogP contribution >= 0.6 is 11.3 Å². The molecule has 0 fully saturated rings. The number of hydrogen-bond donors (Lipinski definition) is 1.